The Morgan fingerprint density at radius 3 is 2.36 bits per heavy atom. The highest BCUT2D eigenvalue weighted by molar-refractivity contribution is 9.10. The fourth-order valence-electron chi connectivity index (χ4n) is 0.726. The van der Waals surface area contributed by atoms with Gasteiger partial charge in [0.15, 0.2) is 0 Å². The van der Waals surface area contributed by atoms with Crippen LogP contribution < -0.4 is 0 Å². The van der Waals surface area contributed by atoms with Crippen molar-refractivity contribution in [2.45, 2.75) is 6.92 Å². The molecule has 0 aliphatic heterocycles. The quantitative estimate of drug-likeness (QED) is 0.759. The largest absolute Gasteiger partial charge is 0.483 e. The summed E-state index contributed by atoms with van der Waals surface area (Å²) in [6.45, 7) is 1.66. The summed E-state index contributed by atoms with van der Waals surface area (Å²) >= 11 is 3.25. The summed E-state index contributed by atoms with van der Waals surface area (Å²) in [4.78, 5) is 18.8. The topological polar surface area (TPSA) is 74.6 Å². The fraction of sp³-hybridized carbons (Fsp3) is 0.111. The Balaban J connectivity index is 0.000000500. The lowest BCUT2D eigenvalue weighted by Gasteiger charge is -1.98. The molecule has 2 N–H and O–H groups in total. The van der Waals surface area contributed by atoms with Crippen molar-refractivity contribution in [2.75, 3.05) is 0 Å². The second-order valence-corrected chi connectivity index (χ2v) is 3.23. The third-order valence-corrected chi connectivity index (χ3v) is 2.27. The number of hydrogen-bond acceptors (Lipinski definition) is 2. The number of rotatable bonds is 1. The Bertz CT molecular complexity index is 336. The minimum absolute atomic E-state index is 0.250. The van der Waals surface area contributed by atoms with Gasteiger partial charge in [-0.15, -0.1) is 0 Å². The van der Waals surface area contributed by atoms with E-state index in [2.05, 4.69) is 15.9 Å². The van der Waals surface area contributed by atoms with Crippen LogP contribution in [-0.2, 0) is 4.79 Å². The molecule has 0 spiro atoms. The van der Waals surface area contributed by atoms with Crippen molar-refractivity contribution in [2.24, 2.45) is 0 Å². The minimum Gasteiger partial charge on any atom is -0.483 e. The second-order valence-electron chi connectivity index (χ2n) is 2.37. The van der Waals surface area contributed by atoms with Gasteiger partial charge in [-0.05, 0) is 24.6 Å². The number of carboxylic acid groups (broad SMARTS) is 2. The van der Waals surface area contributed by atoms with Crippen LogP contribution in [0.25, 0.3) is 0 Å². The number of benzene rings is 1. The fourth-order valence-corrected chi connectivity index (χ4v) is 1.10. The van der Waals surface area contributed by atoms with E-state index in [0.29, 0.717) is 5.56 Å². The average Bonchev–Trinajstić information content (AvgIpc) is 2.10. The number of carboxylic acids is 1. The number of aryl methyl sites for hydroxylation is 1. The summed E-state index contributed by atoms with van der Waals surface area (Å²) in [6, 6.07) is 4.95. The van der Waals surface area contributed by atoms with Gasteiger partial charge in [0.05, 0.1) is 5.56 Å². The predicted octanol–water partition coefficient (Wildman–Crippen LogP) is 2.16. The summed E-state index contributed by atoms with van der Waals surface area (Å²) in [6.07, 6.45) is 0. The molecular formula is C9H9BrO4. The molecule has 0 unspecified atom stereocenters. The highest BCUT2D eigenvalue weighted by atomic mass is 79.9. The van der Waals surface area contributed by atoms with E-state index >= 15 is 0 Å². The smallest absolute Gasteiger partial charge is 0.335 e. The minimum atomic E-state index is -0.897. The molecule has 1 aromatic carbocycles. The summed E-state index contributed by atoms with van der Waals surface area (Å²) in [5, 5.41) is 15.5. The van der Waals surface area contributed by atoms with Crippen molar-refractivity contribution in [3.63, 3.8) is 0 Å². The van der Waals surface area contributed by atoms with Gasteiger partial charge in [-0.2, -0.15) is 0 Å². The molecule has 76 valence electrons. The summed E-state index contributed by atoms with van der Waals surface area (Å²) in [7, 11) is 0. The van der Waals surface area contributed by atoms with Crippen LogP contribution in [-0.4, -0.2) is 22.7 Å². The van der Waals surface area contributed by atoms with Gasteiger partial charge in [0.25, 0.3) is 6.47 Å². The average molecular weight is 261 g/mol. The summed E-state index contributed by atoms with van der Waals surface area (Å²) in [5.41, 5.74) is 1.34. The third-order valence-electron chi connectivity index (χ3n) is 1.42. The molecule has 0 amide bonds. The normalized spacial score (nSPS) is 8.43. The van der Waals surface area contributed by atoms with E-state index in [1.165, 1.54) is 0 Å². The molecule has 0 saturated heterocycles. The van der Waals surface area contributed by atoms with Crippen molar-refractivity contribution >= 4 is 28.4 Å². The lowest BCUT2D eigenvalue weighted by atomic mass is 10.2. The van der Waals surface area contributed by atoms with E-state index in [9.17, 15) is 4.79 Å². The van der Waals surface area contributed by atoms with Crippen LogP contribution in [0, 0.1) is 6.92 Å². The highest BCUT2D eigenvalue weighted by Crippen LogP contribution is 2.17. The maximum Gasteiger partial charge on any atom is 0.335 e. The SMILES string of the molecule is Cc1ccc(C(=O)O)cc1Br.O=CO. The van der Waals surface area contributed by atoms with Gasteiger partial charge in [0.2, 0.25) is 0 Å². The van der Waals surface area contributed by atoms with Crippen molar-refractivity contribution in [1.29, 1.82) is 0 Å². The van der Waals surface area contributed by atoms with Crippen LogP contribution in [0.15, 0.2) is 22.7 Å². The molecular weight excluding hydrogens is 252 g/mol. The molecule has 0 fully saturated rings. The number of aromatic carboxylic acids is 1. The van der Waals surface area contributed by atoms with Gasteiger partial charge >= 0.3 is 5.97 Å². The zero-order chi connectivity index (χ0) is 11.1. The zero-order valence-corrected chi connectivity index (χ0v) is 8.98. The van der Waals surface area contributed by atoms with Gasteiger partial charge in [-0.1, -0.05) is 22.0 Å². The van der Waals surface area contributed by atoms with Crippen LogP contribution in [0.3, 0.4) is 0 Å². The van der Waals surface area contributed by atoms with Crippen LogP contribution >= 0.6 is 15.9 Å². The van der Waals surface area contributed by atoms with Crippen LogP contribution in [0.2, 0.25) is 0 Å². The Labute approximate surface area is 89.3 Å². The van der Waals surface area contributed by atoms with Gasteiger partial charge in [0.1, 0.15) is 0 Å². The standard InChI is InChI=1S/C8H7BrO2.CH2O2/c1-5-2-3-6(8(10)11)4-7(5)9;2-1-3/h2-4H,1H3,(H,10,11);1H,(H,2,3). The Hall–Kier alpha value is -1.36. The first-order valence-electron chi connectivity index (χ1n) is 3.60. The molecule has 0 radical (unpaired) electrons. The summed E-state index contributed by atoms with van der Waals surface area (Å²) < 4.78 is 0.831. The van der Waals surface area contributed by atoms with E-state index in [-0.39, 0.29) is 6.47 Å². The van der Waals surface area contributed by atoms with E-state index in [1.807, 2.05) is 6.92 Å². The third kappa shape index (κ3) is 4.04. The molecule has 0 aliphatic carbocycles. The second kappa shape index (κ2) is 6.15. The molecule has 0 aromatic heterocycles. The molecule has 0 atom stereocenters. The molecule has 5 heteroatoms. The van der Waals surface area contributed by atoms with Gasteiger partial charge < -0.3 is 10.2 Å². The molecule has 1 aromatic rings. The molecule has 0 aliphatic rings. The van der Waals surface area contributed by atoms with Crippen molar-refractivity contribution in [1.82, 2.24) is 0 Å². The monoisotopic (exact) mass is 260 g/mol. The van der Waals surface area contributed by atoms with Crippen molar-refractivity contribution in [3.05, 3.63) is 33.8 Å². The van der Waals surface area contributed by atoms with Gasteiger partial charge in [-0.3, -0.25) is 4.79 Å². The maximum atomic E-state index is 10.4. The maximum absolute atomic E-state index is 10.4. The van der Waals surface area contributed by atoms with Crippen molar-refractivity contribution in [3.8, 4) is 0 Å². The first-order valence-corrected chi connectivity index (χ1v) is 4.39. The van der Waals surface area contributed by atoms with Gasteiger partial charge in [-0.25, -0.2) is 4.79 Å². The lowest BCUT2D eigenvalue weighted by molar-refractivity contribution is -0.122. The summed E-state index contributed by atoms with van der Waals surface area (Å²) in [5.74, 6) is -0.897. The number of hydrogen-bond donors (Lipinski definition) is 2. The van der Waals surface area contributed by atoms with E-state index in [0.717, 1.165) is 10.0 Å². The van der Waals surface area contributed by atoms with Crippen LogP contribution in [0.4, 0.5) is 0 Å². The molecule has 14 heavy (non-hydrogen) atoms. The molecule has 0 bridgehead atoms. The molecule has 1 rings (SSSR count). The molecule has 4 nitrogen and oxygen atoms in total. The van der Waals surface area contributed by atoms with E-state index in [1.54, 1.807) is 18.2 Å². The number of halogens is 1. The van der Waals surface area contributed by atoms with E-state index in [4.69, 9.17) is 15.0 Å². The molecule has 0 heterocycles. The lowest BCUT2D eigenvalue weighted by Crippen LogP contribution is -1.95. The molecule has 0 saturated carbocycles. The first-order chi connectivity index (χ1) is 6.52. The highest BCUT2D eigenvalue weighted by Gasteiger charge is 2.03. The van der Waals surface area contributed by atoms with Gasteiger partial charge in [0, 0.05) is 4.47 Å². The Morgan fingerprint density at radius 2 is 2.00 bits per heavy atom. The van der Waals surface area contributed by atoms with E-state index < -0.39 is 5.97 Å². The zero-order valence-electron chi connectivity index (χ0n) is 7.40. The first kappa shape index (κ1) is 12.6. The van der Waals surface area contributed by atoms with Crippen LogP contribution in [0.5, 0.6) is 0 Å². The Kier molecular flexibility index (Phi) is 5.55. The number of carbonyl (C=O) groups is 2. The van der Waals surface area contributed by atoms with Crippen LogP contribution in [0.1, 0.15) is 15.9 Å². The van der Waals surface area contributed by atoms with Crippen molar-refractivity contribution < 1.29 is 19.8 Å². The predicted molar refractivity (Wildman–Crippen MR) is 54.5 cm³/mol. The Morgan fingerprint density at radius 1 is 1.50 bits per heavy atom.